The molecule has 0 aliphatic carbocycles. The van der Waals surface area contributed by atoms with Crippen molar-refractivity contribution in [3.63, 3.8) is 0 Å². The van der Waals surface area contributed by atoms with Gasteiger partial charge in [-0.05, 0) is 26.7 Å². The molecule has 0 aromatic carbocycles. The maximum atomic E-state index is 10.4. The number of nitrogens with zero attached hydrogens (tertiary/aromatic N) is 4. The molecule has 2 aromatic rings. The number of hydrogen-bond acceptors (Lipinski definition) is 6. The number of aliphatic hydroxyl groups is 1. The number of aromatic nitrogens is 4. The van der Waals surface area contributed by atoms with Crippen LogP contribution in [-0.4, -0.2) is 50.0 Å². The number of fused-ring (bicyclic) bond motifs is 2. The van der Waals surface area contributed by atoms with Crippen molar-refractivity contribution in [1.29, 1.82) is 0 Å². The molecule has 1 saturated heterocycles. The first-order valence-electron chi connectivity index (χ1n) is 6.99. The van der Waals surface area contributed by atoms with E-state index in [1.165, 1.54) is 0 Å². The van der Waals surface area contributed by atoms with Crippen LogP contribution in [0.15, 0.2) is 0 Å². The van der Waals surface area contributed by atoms with E-state index in [0.29, 0.717) is 18.4 Å². The van der Waals surface area contributed by atoms with E-state index in [-0.39, 0.29) is 0 Å². The van der Waals surface area contributed by atoms with Gasteiger partial charge in [-0.25, -0.2) is 9.97 Å². The second-order valence-electron chi connectivity index (χ2n) is 6.09. The Morgan fingerprint density at radius 1 is 1.40 bits per heavy atom. The molecule has 0 saturated carbocycles. The van der Waals surface area contributed by atoms with Gasteiger partial charge in [0.1, 0.15) is 17.0 Å². The van der Waals surface area contributed by atoms with Crippen LogP contribution in [0.2, 0.25) is 0 Å². The molecule has 20 heavy (non-hydrogen) atoms. The molecule has 0 amide bonds. The fourth-order valence-corrected chi connectivity index (χ4v) is 3.24. The molecule has 3 N–H and O–H groups in total. The number of aryl methyl sites for hydroxylation is 1. The number of aromatic amines is 1. The predicted octanol–water partition coefficient (Wildman–Crippen LogP) is 0.807. The minimum absolute atomic E-state index is 0.335. The van der Waals surface area contributed by atoms with E-state index >= 15 is 0 Å². The van der Waals surface area contributed by atoms with Crippen LogP contribution in [0.3, 0.4) is 0 Å². The van der Waals surface area contributed by atoms with Crippen LogP contribution in [0.25, 0.3) is 11.0 Å². The molecule has 2 unspecified atom stereocenters. The smallest absolute Gasteiger partial charge is 0.163 e. The molecule has 7 heteroatoms. The number of rotatable bonds is 0. The number of H-pyrrole nitrogens is 1. The van der Waals surface area contributed by atoms with E-state index in [1.54, 1.807) is 0 Å². The molecule has 7 nitrogen and oxygen atoms in total. The molecule has 2 aliphatic heterocycles. The molecular formula is C13H18N6O. The maximum Gasteiger partial charge on any atom is 0.163 e. The van der Waals surface area contributed by atoms with Gasteiger partial charge in [0.25, 0.3) is 0 Å². The largest absolute Gasteiger partial charge is 0.388 e. The minimum Gasteiger partial charge on any atom is -0.388 e. The lowest BCUT2D eigenvalue weighted by Gasteiger charge is -2.42. The average Bonchev–Trinajstić information content (AvgIpc) is 2.71. The van der Waals surface area contributed by atoms with Crippen molar-refractivity contribution in [2.75, 3.05) is 23.3 Å². The fraction of sp³-hybridized carbons (Fsp3) is 0.615. The summed E-state index contributed by atoms with van der Waals surface area (Å²) in [6.07, 6.45) is 1.76. The highest BCUT2D eigenvalue weighted by molar-refractivity contribution is 5.97. The van der Waals surface area contributed by atoms with Crippen molar-refractivity contribution in [2.45, 2.75) is 38.3 Å². The van der Waals surface area contributed by atoms with E-state index in [4.69, 9.17) is 0 Å². The molecule has 0 radical (unpaired) electrons. The van der Waals surface area contributed by atoms with E-state index in [9.17, 15) is 5.11 Å². The summed E-state index contributed by atoms with van der Waals surface area (Å²) < 4.78 is 0. The molecule has 2 atom stereocenters. The summed E-state index contributed by atoms with van der Waals surface area (Å²) in [5, 5.41) is 21.9. The highest BCUT2D eigenvalue weighted by atomic mass is 16.3. The van der Waals surface area contributed by atoms with Gasteiger partial charge in [-0.1, -0.05) is 0 Å². The lowest BCUT2D eigenvalue weighted by Crippen LogP contribution is -2.53. The zero-order valence-electron chi connectivity index (χ0n) is 11.6. The van der Waals surface area contributed by atoms with Gasteiger partial charge in [0.2, 0.25) is 0 Å². The summed E-state index contributed by atoms with van der Waals surface area (Å²) in [5.41, 5.74) is 0.0801. The molecule has 2 aromatic heterocycles. The predicted molar refractivity (Wildman–Crippen MR) is 75.9 cm³/mol. The van der Waals surface area contributed by atoms with Crippen LogP contribution in [0.1, 0.15) is 25.6 Å². The van der Waals surface area contributed by atoms with Crippen molar-refractivity contribution >= 4 is 22.7 Å². The lowest BCUT2D eigenvalue weighted by atomic mass is 9.90. The highest BCUT2D eigenvalue weighted by Gasteiger charge is 2.38. The Morgan fingerprint density at radius 2 is 2.25 bits per heavy atom. The van der Waals surface area contributed by atoms with E-state index in [0.717, 1.165) is 42.1 Å². The molecule has 4 heterocycles. The van der Waals surface area contributed by atoms with Crippen LogP contribution >= 0.6 is 0 Å². The monoisotopic (exact) mass is 274 g/mol. The van der Waals surface area contributed by atoms with Gasteiger partial charge in [0.15, 0.2) is 11.5 Å². The zero-order chi connectivity index (χ0) is 13.9. The molecule has 1 fully saturated rings. The number of nitrogens with one attached hydrogen (secondary N) is 2. The Hall–Kier alpha value is -1.89. The third-order valence-corrected chi connectivity index (χ3v) is 4.26. The molecular weight excluding hydrogens is 256 g/mol. The van der Waals surface area contributed by atoms with E-state index in [2.05, 4.69) is 30.4 Å². The van der Waals surface area contributed by atoms with Crippen LogP contribution in [0, 0.1) is 6.92 Å². The molecule has 0 spiro atoms. The second kappa shape index (κ2) is 3.82. The number of hydrogen-bond donors (Lipinski definition) is 3. The molecule has 4 rings (SSSR count). The summed E-state index contributed by atoms with van der Waals surface area (Å²) in [5.74, 6) is 2.41. The van der Waals surface area contributed by atoms with Gasteiger partial charge in [-0.15, -0.1) is 0 Å². The zero-order valence-corrected chi connectivity index (χ0v) is 11.6. The Bertz CT molecular complexity index is 679. The average molecular weight is 274 g/mol. The number of anilines is 2. The normalized spacial score (nSPS) is 28.9. The first kappa shape index (κ1) is 11.9. The highest BCUT2D eigenvalue weighted by Crippen LogP contribution is 2.37. The van der Waals surface area contributed by atoms with Gasteiger partial charge < -0.3 is 15.3 Å². The first-order chi connectivity index (χ1) is 9.53. The summed E-state index contributed by atoms with van der Waals surface area (Å²) in [4.78, 5) is 11.2. The molecule has 106 valence electrons. The SMILES string of the molecule is Cc1nc2c3c(n[nH]c3n1)NCC1CCC(C)(O)CN21. The van der Waals surface area contributed by atoms with Gasteiger partial charge in [-0.3, -0.25) is 5.10 Å². The summed E-state index contributed by atoms with van der Waals surface area (Å²) in [6, 6.07) is 0.335. The van der Waals surface area contributed by atoms with Crippen LogP contribution in [0.4, 0.5) is 11.6 Å². The third kappa shape index (κ3) is 1.66. The Labute approximate surface area is 116 Å². The Kier molecular flexibility index (Phi) is 2.27. The van der Waals surface area contributed by atoms with Gasteiger partial charge in [0, 0.05) is 19.1 Å². The van der Waals surface area contributed by atoms with Crippen molar-refractivity contribution in [3.8, 4) is 0 Å². The third-order valence-electron chi connectivity index (χ3n) is 4.26. The van der Waals surface area contributed by atoms with E-state index in [1.807, 2.05) is 13.8 Å². The summed E-state index contributed by atoms with van der Waals surface area (Å²) >= 11 is 0. The topological polar surface area (TPSA) is 90.0 Å². The molecule has 2 aliphatic rings. The Morgan fingerprint density at radius 3 is 3.10 bits per heavy atom. The summed E-state index contributed by atoms with van der Waals surface area (Å²) in [6.45, 7) is 5.18. The molecule has 0 bridgehead atoms. The van der Waals surface area contributed by atoms with E-state index < -0.39 is 5.60 Å². The van der Waals surface area contributed by atoms with Crippen LogP contribution < -0.4 is 10.2 Å². The Balaban J connectivity index is 1.92. The van der Waals surface area contributed by atoms with Crippen LogP contribution in [-0.2, 0) is 0 Å². The first-order valence-corrected chi connectivity index (χ1v) is 6.99. The van der Waals surface area contributed by atoms with Crippen molar-refractivity contribution < 1.29 is 5.11 Å². The van der Waals surface area contributed by atoms with Gasteiger partial charge >= 0.3 is 0 Å². The number of piperidine rings is 1. The maximum absolute atomic E-state index is 10.4. The van der Waals surface area contributed by atoms with Crippen molar-refractivity contribution in [1.82, 2.24) is 20.2 Å². The van der Waals surface area contributed by atoms with Gasteiger partial charge in [-0.2, -0.15) is 5.10 Å². The summed E-state index contributed by atoms with van der Waals surface area (Å²) in [7, 11) is 0. The van der Waals surface area contributed by atoms with Crippen molar-refractivity contribution in [2.24, 2.45) is 0 Å². The van der Waals surface area contributed by atoms with Crippen LogP contribution in [0.5, 0.6) is 0 Å². The minimum atomic E-state index is -0.671. The van der Waals surface area contributed by atoms with Gasteiger partial charge in [0.05, 0.1) is 5.60 Å². The second-order valence-corrected chi connectivity index (χ2v) is 6.09. The fourth-order valence-electron chi connectivity index (χ4n) is 3.24. The standard InChI is InChI=1S/C13H18N6O/c1-7-15-11-9-10(17-18-11)14-5-8-3-4-13(2,20)6-19(8)12(9)16-7/h8,20H,3-6H2,1-2H3,(H2,14,15,16,17,18). The lowest BCUT2D eigenvalue weighted by molar-refractivity contribution is 0.0373. The quantitative estimate of drug-likeness (QED) is 0.658. The van der Waals surface area contributed by atoms with Crippen molar-refractivity contribution in [3.05, 3.63) is 5.82 Å².